The summed E-state index contributed by atoms with van der Waals surface area (Å²) in [6.07, 6.45) is 0. The standard InChI is InChI=1S/C28H23N3O3/c29-28(33)24-11-10-21-14-22-12-19-8-4-5-9-20(19)13-23(22)15-25(21)27(24)31-26(32)16-30-34-17-18-6-2-1-3-7-18/h1-15,30H,16-17H2,(H2,29,33)(H,31,32). The van der Waals surface area contributed by atoms with Crippen LogP contribution in [-0.2, 0) is 16.2 Å². The number of rotatable bonds is 7. The molecule has 0 fully saturated rings. The molecule has 2 amide bonds. The Morgan fingerprint density at radius 1 is 0.735 bits per heavy atom. The van der Waals surface area contributed by atoms with E-state index >= 15 is 0 Å². The van der Waals surface area contributed by atoms with Crippen LogP contribution in [0.25, 0.3) is 32.3 Å². The molecular weight excluding hydrogens is 426 g/mol. The summed E-state index contributed by atoms with van der Waals surface area (Å²) >= 11 is 0. The van der Waals surface area contributed by atoms with Crippen molar-refractivity contribution in [2.45, 2.75) is 6.61 Å². The number of fused-ring (bicyclic) bond motifs is 3. The van der Waals surface area contributed by atoms with E-state index in [4.69, 9.17) is 10.6 Å². The van der Waals surface area contributed by atoms with Gasteiger partial charge in [0.1, 0.15) is 6.54 Å². The van der Waals surface area contributed by atoms with E-state index in [1.165, 1.54) is 0 Å². The zero-order valence-electron chi connectivity index (χ0n) is 18.4. The second-order valence-corrected chi connectivity index (χ2v) is 8.12. The van der Waals surface area contributed by atoms with Gasteiger partial charge in [-0.05, 0) is 62.8 Å². The third-order valence-corrected chi connectivity index (χ3v) is 5.79. The predicted molar refractivity (Wildman–Crippen MR) is 135 cm³/mol. The molecular formula is C28H23N3O3. The summed E-state index contributed by atoms with van der Waals surface area (Å²) in [5, 5.41) is 8.85. The van der Waals surface area contributed by atoms with Gasteiger partial charge in [-0.25, -0.2) is 0 Å². The molecule has 0 aromatic heterocycles. The van der Waals surface area contributed by atoms with Crippen LogP contribution in [0.3, 0.4) is 0 Å². The first-order chi connectivity index (χ1) is 16.6. The summed E-state index contributed by atoms with van der Waals surface area (Å²) in [4.78, 5) is 30.2. The van der Waals surface area contributed by atoms with Crippen molar-refractivity contribution in [2.24, 2.45) is 5.73 Å². The number of nitrogens with one attached hydrogen (secondary N) is 2. The minimum Gasteiger partial charge on any atom is -0.366 e. The van der Waals surface area contributed by atoms with Crippen molar-refractivity contribution in [1.82, 2.24) is 5.48 Å². The van der Waals surface area contributed by atoms with Crippen molar-refractivity contribution >= 4 is 49.8 Å². The van der Waals surface area contributed by atoms with Gasteiger partial charge in [-0.3, -0.25) is 14.4 Å². The van der Waals surface area contributed by atoms with E-state index in [2.05, 4.69) is 41.1 Å². The van der Waals surface area contributed by atoms with Crippen LogP contribution in [0.4, 0.5) is 5.69 Å². The molecule has 0 spiro atoms. The lowest BCUT2D eigenvalue weighted by atomic mass is 9.97. The first-order valence-electron chi connectivity index (χ1n) is 11.0. The highest BCUT2D eigenvalue weighted by atomic mass is 16.6. The summed E-state index contributed by atoms with van der Waals surface area (Å²) in [6.45, 7) is 0.245. The minimum atomic E-state index is -0.607. The molecule has 4 N–H and O–H groups in total. The van der Waals surface area contributed by atoms with E-state index in [9.17, 15) is 9.59 Å². The van der Waals surface area contributed by atoms with E-state index in [0.29, 0.717) is 12.3 Å². The molecule has 6 nitrogen and oxygen atoms in total. The smallest absolute Gasteiger partial charge is 0.250 e. The van der Waals surface area contributed by atoms with Crippen LogP contribution in [0.2, 0.25) is 0 Å². The lowest BCUT2D eigenvalue weighted by molar-refractivity contribution is -0.118. The van der Waals surface area contributed by atoms with Crippen molar-refractivity contribution in [2.75, 3.05) is 11.9 Å². The molecule has 0 heterocycles. The summed E-state index contributed by atoms with van der Waals surface area (Å²) in [5.74, 6) is -0.953. The Balaban J connectivity index is 1.43. The predicted octanol–water partition coefficient (Wildman–Crippen LogP) is 4.91. The number of anilines is 1. The molecule has 0 aliphatic rings. The fraction of sp³-hybridized carbons (Fsp3) is 0.0714. The Labute approximate surface area is 196 Å². The van der Waals surface area contributed by atoms with E-state index in [0.717, 1.165) is 37.9 Å². The SMILES string of the molecule is NC(=O)c1ccc2cc3cc4ccccc4cc3cc2c1NC(=O)CNOCc1ccccc1. The van der Waals surface area contributed by atoms with E-state index < -0.39 is 5.91 Å². The molecule has 168 valence electrons. The van der Waals surface area contributed by atoms with Gasteiger partial charge >= 0.3 is 0 Å². The number of hydroxylamine groups is 1. The van der Waals surface area contributed by atoms with Crippen LogP contribution in [-0.4, -0.2) is 18.4 Å². The number of hydrogen-bond acceptors (Lipinski definition) is 4. The van der Waals surface area contributed by atoms with Crippen molar-refractivity contribution in [3.63, 3.8) is 0 Å². The highest BCUT2D eigenvalue weighted by Crippen LogP contribution is 2.33. The summed E-state index contributed by atoms with van der Waals surface area (Å²) < 4.78 is 0. The molecule has 0 aliphatic heterocycles. The highest BCUT2D eigenvalue weighted by molar-refractivity contribution is 6.15. The maximum Gasteiger partial charge on any atom is 0.250 e. The molecule has 0 aliphatic carbocycles. The van der Waals surface area contributed by atoms with Gasteiger partial charge in [-0.15, -0.1) is 0 Å². The zero-order valence-corrected chi connectivity index (χ0v) is 18.4. The number of primary amides is 1. The zero-order chi connectivity index (χ0) is 23.5. The Bertz CT molecular complexity index is 1530. The van der Waals surface area contributed by atoms with Crippen molar-refractivity contribution in [3.8, 4) is 0 Å². The van der Waals surface area contributed by atoms with Gasteiger partial charge in [0.2, 0.25) is 5.91 Å². The number of nitrogens with two attached hydrogens (primary N) is 1. The van der Waals surface area contributed by atoms with Gasteiger partial charge in [0.25, 0.3) is 5.91 Å². The number of carbonyl (C=O) groups is 2. The molecule has 0 bridgehead atoms. The van der Waals surface area contributed by atoms with Crippen molar-refractivity contribution < 1.29 is 14.4 Å². The van der Waals surface area contributed by atoms with E-state index in [1.807, 2.05) is 54.6 Å². The molecule has 5 aromatic carbocycles. The topological polar surface area (TPSA) is 93.5 Å². The molecule has 0 saturated heterocycles. The van der Waals surface area contributed by atoms with Gasteiger partial charge in [-0.2, -0.15) is 5.48 Å². The van der Waals surface area contributed by atoms with Crippen LogP contribution in [0.1, 0.15) is 15.9 Å². The fourth-order valence-corrected chi connectivity index (χ4v) is 4.11. The first kappa shape index (κ1) is 21.6. The van der Waals surface area contributed by atoms with Crippen LogP contribution in [0, 0.1) is 0 Å². The molecule has 0 atom stereocenters. The molecule has 0 saturated carbocycles. The summed E-state index contributed by atoms with van der Waals surface area (Å²) in [5.41, 5.74) is 9.94. The number of benzene rings is 5. The minimum absolute atomic E-state index is 0.0837. The first-order valence-corrected chi connectivity index (χ1v) is 11.0. The van der Waals surface area contributed by atoms with Crippen LogP contribution in [0.5, 0.6) is 0 Å². The Morgan fingerprint density at radius 2 is 1.38 bits per heavy atom. The summed E-state index contributed by atoms with van der Waals surface area (Å²) in [7, 11) is 0. The van der Waals surface area contributed by atoms with Crippen LogP contribution < -0.4 is 16.5 Å². The van der Waals surface area contributed by atoms with E-state index in [-0.39, 0.29) is 18.0 Å². The van der Waals surface area contributed by atoms with Gasteiger partial charge in [0.15, 0.2) is 0 Å². The summed E-state index contributed by atoms with van der Waals surface area (Å²) in [6, 6.07) is 29.6. The van der Waals surface area contributed by atoms with E-state index in [1.54, 1.807) is 6.07 Å². The number of hydrogen-bond donors (Lipinski definition) is 3. The van der Waals surface area contributed by atoms with Crippen LogP contribution in [0.15, 0.2) is 91.0 Å². The molecule has 34 heavy (non-hydrogen) atoms. The lowest BCUT2D eigenvalue weighted by Gasteiger charge is -2.14. The number of carbonyl (C=O) groups excluding carboxylic acids is 2. The largest absolute Gasteiger partial charge is 0.366 e. The van der Waals surface area contributed by atoms with Gasteiger partial charge in [0.05, 0.1) is 17.9 Å². The van der Waals surface area contributed by atoms with Crippen molar-refractivity contribution in [3.05, 3.63) is 102 Å². The fourth-order valence-electron chi connectivity index (χ4n) is 4.11. The molecule has 0 radical (unpaired) electrons. The Hall–Kier alpha value is -4.26. The molecule has 5 aromatic rings. The second kappa shape index (κ2) is 9.31. The molecule has 0 unspecified atom stereocenters. The third-order valence-electron chi connectivity index (χ3n) is 5.79. The Morgan fingerprint density at radius 3 is 2.09 bits per heavy atom. The quantitative estimate of drug-likeness (QED) is 0.187. The van der Waals surface area contributed by atoms with Crippen LogP contribution >= 0.6 is 0 Å². The average Bonchev–Trinajstić information content (AvgIpc) is 2.85. The van der Waals surface area contributed by atoms with Gasteiger partial charge in [0, 0.05) is 5.39 Å². The third kappa shape index (κ3) is 4.45. The highest BCUT2D eigenvalue weighted by Gasteiger charge is 2.15. The number of amides is 2. The van der Waals surface area contributed by atoms with Gasteiger partial charge in [-0.1, -0.05) is 60.7 Å². The maximum atomic E-state index is 12.7. The Kier molecular flexibility index (Phi) is 5.91. The second-order valence-electron chi connectivity index (χ2n) is 8.12. The normalized spacial score (nSPS) is 11.2. The van der Waals surface area contributed by atoms with Crippen molar-refractivity contribution in [1.29, 1.82) is 0 Å². The monoisotopic (exact) mass is 449 g/mol. The lowest BCUT2D eigenvalue weighted by Crippen LogP contribution is -2.29. The molecule has 6 heteroatoms. The maximum absolute atomic E-state index is 12.7. The van der Waals surface area contributed by atoms with Gasteiger partial charge < -0.3 is 11.1 Å². The molecule has 5 rings (SSSR count). The average molecular weight is 450 g/mol.